The molecule has 0 radical (unpaired) electrons. The predicted molar refractivity (Wildman–Crippen MR) is 127 cm³/mol. The van der Waals surface area contributed by atoms with Crippen molar-refractivity contribution >= 4 is 0 Å². The average molecular weight is 472 g/mol. The Hall–Kier alpha value is -2.01. The largest absolute Gasteiger partial charge is 0.390 e. The second kappa shape index (κ2) is 12.5. The van der Waals surface area contributed by atoms with Crippen molar-refractivity contribution in [3.8, 4) is 0 Å². The Morgan fingerprint density at radius 3 is 1.88 bits per heavy atom. The molecular formula is C23H41N3O7. The van der Waals surface area contributed by atoms with Crippen LogP contribution in [-0.2, 0) is 28.1 Å². The molecule has 0 aliphatic heterocycles. The summed E-state index contributed by atoms with van der Waals surface area (Å²) in [5.41, 5.74) is -3.35. The summed E-state index contributed by atoms with van der Waals surface area (Å²) in [6, 6.07) is 0. The van der Waals surface area contributed by atoms with E-state index in [-0.39, 0.29) is 31.7 Å². The van der Waals surface area contributed by atoms with Gasteiger partial charge in [0.05, 0.1) is 38.5 Å². The molecule has 0 aliphatic carbocycles. The van der Waals surface area contributed by atoms with Crippen LogP contribution >= 0.6 is 0 Å². The summed E-state index contributed by atoms with van der Waals surface area (Å²) in [7, 11) is 0. The van der Waals surface area contributed by atoms with Crippen molar-refractivity contribution in [3.05, 3.63) is 44.1 Å². The topological polar surface area (TPSA) is 125 Å². The van der Waals surface area contributed by atoms with E-state index < -0.39 is 34.8 Å². The van der Waals surface area contributed by atoms with E-state index in [0.29, 0.717) is 19.6 Å². The van der Waals surface area contributed by atoms with Gasteiger partial charge in [0.15, 0.2) is 0 Å². The molecule has 0 saturated heterocycles. The molecule has 10 nitrogen and oxygen atoms in total. The van der Waals surface area contributed by atoms with Crippen molar-refractivity contribution in [3.63, 3.8) is 0 Å². The van der Waals surface area contributed by atoms with E-state index in [4.69, 9.17) is 9.47 Å². The van der Waals surface area contributed by atoms with Crippen LogP contribution in [0.3, 0.4) is 0 Å². The van der Waals surface area contributed by atoms with Crippen LogP contribution in [0.4, 0.5) is 0 Å². The SMILES string of the molecule is C=CCn1c(=O)n(CC(O)COCCCCOCC(O)C(C)(C)C)c(=O)n(C(C)(C)C)c1=O. The fourth-order valence-electron chi connectivity index (χ4n) is 2.98. The Labute approximate surface area is 195 Å². The molecule has 0 saturated carbocycles. The molecule has 1 rings (SSSR count). The zero-order valence-electron chi connectivity index (χ0n) is 20.9. The lowest BCUT2D eigenvalue weighted by Crippen LogP contribution is -2.59. The summed E-state index contributed by atoms with van der Waals surface area (Å²) < 4.78 is 13.7. The van der Waals surface area contributed by atoms with Crippen LogP contribution in [-0.4, -0.2) is 62.5 Å². The number of rotatable bonds is 13. The smallest absolute Gasteiger partial charge is 0.337 e. The summed E-state index contributed by atoms with van der Waals surface area (Å²) in [5.74, 6) is 0. The number of unbranched alkanes of at least 4 members (excludes halogenated alkanes) is 1. The van der Waals surface area contributed by atoms with E-state index in [2.05, 4.69) is 6.58 Å². The van der Waals surface area contributed by atoms with Crippen LogP contribution in [0.1, 0.15) is 54.4 Å². The average Bonchev–Trinajstić information content (AvgIpc) is 2.68. The van der Waals surface area contributed by atoms with E-state index in [1.807, 2.05) is 20.8 Å². The third-order valence-corrected chi connectivity index (χ3v) is 5.09. The minimum Gasteiger partial charge on any atom is -0.390 e. The normalized spacial score (nSPS) is 14.3. The van der Waals surface area contributed by atoms with Gasteiger partial charge in [-0.05, 0) is 39.0 Å². The number of ether oxygens (including phenoxy) is 2. The van der Waals surface area contributed by atoms with Gasteiger partial charge in [0.1, 0.15) is 0 Å². The molecule has 2 unspecified atom stereocenters. The molecule has 0 spiro atoms. The predicted octanol–water partition coefficient (Wildman–Crippen LogP) is 0.694. The van der Waals surface area contributed by atoms with Gasteiger partial charge in [-0.15, -0.1) is 6.58 Å². The van der Waals surface area contributed by atoms with Gasteiger partial charge in [0.25, 0.3) is 0 Å². The van der Waals surface area contributed by atoms with Crippen molar-refractivity contribution < 1.29 is 19.7 Å². The Bertz CT molecular complexity index is 932. The third-order valence-electron chi connectivity index (χ3n) is 5.09. The molecule has 0 fully saturated rings. The number of allylic oxidation sites excluding steroid dienone is 1. The standard InChI is InChI=1S/C23H41N3O7/c1-8-11-24-19(29)25(21(31)26(20(24)30)23(5,6)7)14-17(27)15-32-12-9-10-13-33-16-18(28)22(2,3)4/h8,17-18,27-28H,1,9-16H2,2-7H3. The first kappa shape index (κ1) is 29.0. The summed E-state index contributed by atoms with van der Waals surface area (Å²) in [6.07, 6.45) is 1.19. The number of aromatic nitrogens is 3. The minimum atomic E-state index is -1.10. The Kier molecular flexibility index (Phi) is 11.0. The highest BCUT2D eigenvalue weighted by atomic mass is 16.5. The van der Waals surface area contributed by atoms with E-state index in [1.54, 1.807) is 20.8 Å². The Morgan fingerprint density at radius 2 is 1.39 bits per heavy atom. The molecule has 2 N–H and O–H groups in total. The lowest BCUT2D eigenvalue weighted by molar-refractivity contribution is -0.0232. The number of aliphatic hydroxyl groups excluding tert-OH is 2. The van der Waals surface area contributed by atoms with Crippen LogP contribution in [0.5, 0.6) is 0 Å². The van der Waals surface area contributed by atoms with E-state index in [1.165, 1.54) is 6.08 Å². The monoisotopic (exact) mass is 471 g/mol. The molecule has 0 aliphatic rings. The van der Waals surface area contributed by atoms with Gasteiger partial charge in [0.2, 0.25) is 0 Å². The summed E-state index contributed by atoms with van der Waals surface area (Å²) in [6.45, 7) is 15.2. The molecule has 1 aromatic rings. The molecule has 1 aromatic heterocycles. The first-order valence-corrected chi connectivity index (χ1v) is 11.3. The first-order chi connectivity index (χ1) is 15.2. The fourth-order valence-corrected chi connectivity index (χ4v) is 2.98. The second-order valence-electron chi connectivity index (χ2n) is 10.3. The summed E-state index contributed by atoms with van der Waals surface area (Å²) in [5, 5.41) is 20.2. The van der Waals surface area contributed by atoms with Crippen molar-refractivity contribution in [1.29, 1.82) is 0 Å². The van der Waals surface area contributed by atoms with Crippen molar-refractivity contribution in [1.82, 2.24) is 13.7 Å². The highest BCUT2D eigenvalue weighted by Gasteiger charge is 2.25. The molecular weight excluding hydrogens is 430 g/mol. The quantitative estimate of drug-likeness (QED) is 0.320. The molecule has 0 aromatic carbocycles. The number of hydrogen-bond donors (Lipinski definition) is 2. The minimum absolute atomic E-state index is 0.0462. The fraction of sp³-hybridized carbons (Fsp3) is 0.783. The van der Waals surface area contributed by atoms with Crippen molar-refractivity contribution in [2.24, 2.45) is 5.41 Å². The van der Waals surface area contributed by atoms with Gasteiger partial charge in [-0.25, -0.2) is 28.1 Å². The van der Waals surface area contributed by atoms with Gasteiger partial charge in [-0.3, -0.25) is 0 Å². The second-order valence-corrected chi connectivity index (χ2v) is 10.3. The van der Waals surface area contributed by atoms with Crippen LogP contribution in [0.2, 0.25) is 0 Å². The molecule has 0 bridgehead atoms. The lowest BCUT2D eigenvalue weighted by atomic mass is 9.90. The molecule has 0 amide bonds. The molecule has 1 heterocycles. The highest BCUT2D eigenvalue weighted by molar-refractivity contribution is 4.87. The van der Waals surface area contributed by atoms with Gasteiger partial charge in [-0.1, -0.05) is 26.8 Å². The Balaban J connectivity index is 2.63. The van der Waals surface area contributed by atoms with Crippen molar-refractivity contribution in [2.75, 3.05) is 26.4 Å². The summed E-state index contributed by atoms with van der Waals surface area (Å²) in [4.78, 5) is 38.2. The lowest BCUT2D eigenvalue weighted by Gasteiger charge is -2.25. The summed E-state index contributed by atoms with van der Waals surface area (Å²) >= 11 is 0. The third kappa shape index (κ3) is 8.69. The maximum absolute atomic E-state index is 12.8. The van der Waals surface area contributed by atoms with E-state index in [0.717, 1.165) is 20.1 Å². The first-order valence-electron chi connectivity index (χ1n) is 11.3. The number of nitrogens with zero attached hydrogens (tertiary/aromatic N) is 3. The van der Waals surface area contributed by atoms with Crippen molar-refractivity contribution in [2.45, 2.75) is 85.2 Å². The van der Waals surface area contributed by atoms with E-state index in [9.17, 15) is 24.6 Å². The zero-order chi connectivity index (χ0) is 25.4. The molecule has 190 valence electrons. The molecule has 33 heavy (non-hydrogen) atoms. The van der Waals surface area contributed by atoms with Gasteiger partial charge < -0.3 is 19.7 Å². The number of hydrogen-bond acceptors (Lipinski definition) is 7. The van der Waals surface area contributed by atoms with Crippen LogP contribution in [0, 0.1) is 5.41 Å². The van der Waals surface area contributed by atoms with Gasteiger partial charge in [0, 0.05) is 18.8 Å². The molecule has 2 atom stereocenters. The van der Waals surface area contributed by atoms with E-state index >= 15 is 0 Å². The maximum Gasteiger partial charge on any atom is 0.337 e. The van der Waals surface area contributed by atoms with Crippen LogP contribution in [0.15, 0.2) is 27.0 Å². The Morgan fingerprint density at radius 1 is 0.879 bits per heavy atom. The highest BCUT2D eigenvalue weighted by Crippen LogP contribution is 2.19. The molecule has 10 heteroatoms. The van der Waals surface area contributed by atoms with Gasteiger partial charge >= 0.3 is 17.1 Å². The van der Waals surface area contributed by atoms with Gasteiger partial charge in [-0.2, -0.15) is 0 Å². The number of aliphatic hydroxyl groups is 2. The van der Waals surface area contributed by atoms with Crippen LogP contribution in [0.25, 0.3) is 0 Å². The zero-order valence-corrected chi connectivity index (χ0v) is 20.9. The maximum atomic E-state index is 12.8. The van der Waals surface area contributed by atoms with Crippen LogP contribution < -0.4 is 17.1 Å².